The highest BCUT2D eigenvalue weighted by atomic mass is 32.2. The Morgan fingerprint density at radius 3 is 2.50 bits per heavy atom. The minimum absolute atomic E-state index is 0.124. The summed E-state index contributed by atoms with van der Waals surface area (Å²) in [5.41, 5.74) is 0.850. The molecule has 1 aromatic rings. The third-order valence-electron chi connectivity index (χ3n) is 4.82. The van der Waals surface area contributed by atoms with Gasteiger partial charge in [-0.3, -0.25) is 9.59 Å². The van der Waals surface area contributed by atoms with Gasteiger partial charge >= 0.3 is 5.97 Å². The van der Waals surface area contributed by atoms with E-state index in [-0.39, 0.29) is 22.9 Å². The fourth-order valence-electron chi connectivity index (χ4n) is 3.26. The van der Waals surface area contributed by atoms with Gasteiger partial charge in [0.05, 0.1) is 10.8 Å². The molecular weight excluding hydrogens is 356 g/mol. The first kappa shape index (κ1) is 20.4. The van der Waals surface area contributed by atoms with Gasteiger partial charge in [-0.25, -0.2) is 8.42 Å². The molecule has 0 spiro atoms. The molecule has 0 aromatic heterocycles. The number of aliphatic carboxylic acids is 1. The first-order valence-electron chi connectivity index (χ1n) is 8.85. The summed E-state index contributed by atoms with van der Waals surface area (Å²) in [4.78, 5) is 25.6. The van der Waals surface area contributed by atoms with Crippen molar-refractivity contribution in [2.75, 3.05) is 26.2 Å². The van der Waals surface area contributed by atoms with Crippen LogP contribution in [0.3, 0.4) is 0 Å². The van der Waals surface area contributed by atoms with Crippen LogP contribution in [-0.4, -0.2) is 60.8 Å². The van der Waals surface area contributed by atoms with Crippen molar-refractivity contribution in [2.24, 2.45) is 5.92 Å². The average molecular weight is 382 g/mol. The lowest BCUT2D eigenvalue weighted by atomic mass is 9.97. The van der Waals surface area contributed by atoms with Crippen molar-refractivity contribution in [1.82, 2.24) is 9.21 Å². The number of nitrogens with zero attached hydrogens (tertiary/aromatic N) is 2. The molecule has 2 rings (SSSR count). The molecule has 1 aliphatic rings. The number of likely N-dealkylation sites (tertiary alicyclic amines) is 1. The van der Waals surface area contributed by atoms with E-state index in [0.29, 0.717) is 38.0 Å². The monoisotopic (exact) mass is 382 g/mol. The maximum absolute atomic E-state index is 12.8. The second-order valence-corrected chi connectivity index (χ2v) is 8.40. The Morgan fingerprint density at radius 2 is 1.92 bits per heavy atom. The fourth-order valence-corrected chi connectivity index (χ4v) is 4.97. The zero-order chi connectivity index (χ0) is 19.5. The van der Waals surface area contributed by atoms with Crippen LogP contribution in [0.15, 0.2) is 23.1 Å². The van der Waals surface area contributed by atoms with Crippen LogP contribution < -0.4 is 0 Å². The molecule has 26 heavy (non-hydrogen) atoms. The maximum atomic E-state index is 12.8. The Hall–Kier alpha value is -1.93. The van der Waals surface area contributed by atoms with Gasteiger partial charge < -0.3 is 10.0 Å². The van der Waals surface area contributed by atoms with Gasteiger partial charge in [0.2, 0.25) is 10.0 Å². The summed E-state index contributed by atoms with van der Waals surface area (Å²) in [7, 11) is -3.67. The van der Waals surface area contributed by atoms with Gasteiger partial charge in [-0.2, -0.15) is 4.31 Å². The topological polar surface area (TPSA) is 95.0 Å². The van der Waals surface area contributed by atoms with E-state index in [1.54, 1.807) is 32.9 Å². The standard InChI is InChI=1S/C18H26N2O5S/c1-4-20(5-2)26(24,25)16-11-14(9-8-13(16)3)17(21)19-10-6-7-15(12-19)18(22)23/h8-9,11,15H,4-7,10,12H2,1-3H3,(H,22,23)/t15-/m0/s1. The van der Waals surface area contributed by atoms with E-state index in [9.17, 15) is 23.1 Å². The molecule has 1 fully saturated rings. The molecule has 0 saturated carbocycles. The number of aryl methyl sites for hydroxylation is 1. The van der Waals surface area contributed by atoms with E-state index < -0.39 is 21.9 Å². The number of hydrogen-bond donors (Lipinski definition) is 1. The van der Waals surface area contributed by atoms with Gasteiger partial charge in [-0.1, -0.05) is 19.9 Å². The lowest BCUT2D eigenvalue weighted by Gasteiger charge is -2.31. The Balaban J connectivity index is 2.34. The molecule has 1 amide bonds. The van der Waals surface area contributed by atoms with Gasteiger partial charge in [0.25, 0.3) is 5.91 Å². The molecule has 1 saturated heterocycles. The summed E-state index contributed by atoms with van der Waals surface area (Å²) in [6.45, 7) is 6.57. The van der Waals surface area contributed by atoms with Crippen molar-refractivity contribution in [1.29, 1.82) is 0 Å². The van der Waals surface area contributed by atoms with Crippen molar-refractivity contribution in [2.45, 2.75) is 38.5 Å². The number of hydrogen-bond acceptors (Lipinski definition) is 4. The van der Waals surface area contributed by atoms with Crippen molar-refractivity contribution in [3.05, 3.63) is 29.3 Å². The van der Waals surface area contributed by atoms with Crippen LogP contribution in [0, 0.1) is 12.8 Å². The van der Waals surface area contributed by atoms with Crippen LogP contribution in [0.5, 0.6) is 0 Å². The Labute approximate surface area is 154 Å². The molecule has 1 aromatic carbocycles. The van der Waals surface area contributed by atoms with Gasteiger partial charge in [-0.15, -0.1) is 0 Å². The second-order valence-electron chi connectivity index (χ2n) is 6.50. The van der Waals surface area contributed by atoms with Crippen molar-refractivity contribution in [3.8, 4) is 0 Å². The lowest BCUT2D eigenvalue weighted by molar-refractivity contribution is -0.143. The van der Waals surface area contributed by atoms with Crippen LogP contribution in [0.4, 0.5) is 0 Å². The summed E-state index contributed by atoms with van der Waals surface area (Å²) < 4.78 is 27.0. The molecule has 144 valence electrons. The molecule has 0 unspecified atom stereocenters. The van der Waals surface area contributed by atoms with E-state index in [0.717, 1.165) is 0 Å². The van der Waals surface area contributed by atoms with Gasteiger partial charge in [0.1, 0.15) is 0 Å². The molecule has 0 bridgehead atoms. The first-order chi connectivity index (χ1) is 12.2. The van der Waals surface area contributed by atoms with E-state index in [1.807, 2.05) is 0 Å². The number of carbonyl (C=O) groups is 2. The summed E-state index contributed by atoms with van der Waals surface area (Å²) in [6, 6.07) is 4.64. The van der Waals surface area contributed by atoms with Gasteiger partial charge in [0.15, 0.2) is 0 Å². The van der Waals surface area contributed by atoms with Crippen molar-refractivity contribution in [3.63, 3.8) is 0 Å². The average Bonchev–Trinajstić information content (AvgIpc) is 2.62. The van der Waals surface area contributed by atoms with Crippen LogP contribution in [0.25, 0.3) is 0 Å². The third-order valence-corrected chi connectivity index (χ3v) is 7.01. The number of carbonyl (C=O) groups excluding carboxylic acids is 1. The largest absolute Gasteiger partial charge is 0.481 e. The SMILES string of the molecule is CCN(CC)S(=O)(=O)c1cc(C(=O)N2CCC[C@H](C(=O)O)C2)ccc1C. The predicted octanol–water partition coefficient (Wildman–Crippen LogP) is 1.96. The molecular formula is C18H26N2O5S. The van der Waals surface area contributed by atoms with E-state index in [2.05, 4.69) is 0 Å². The molecule has 7 nitrogen and oxygen atoms in total. The molecule has 1 heterocycles. The molecule has 8 heteroatoms. The number of amides is 1. The minimum Gasteiger partial charge on any atom is -0.481 e. The first-order valence-corrected chi connectivity index (χ1v) is 10.3. The molecule has 1 aliphatic heterocycles. The van der Waals surface area contributed by atoms with Crippen LogP contribution in [-0.2, 0) is 14.8 Å². The predicted molar refractivity (Wildman–Crippen MR) is 97.5 cm³/mol. The van der Waals surface area contributed by atoms with E-state index in [4.69, 9.17) is 0 Å². The molecule has 0 aliphatic carbocycles. The lowest BCUT2D eigenvalue weighted by Crippen LogP contribution is -2.42. The van der Waals surface area contributed by atoms with E-state index >= 15 is 0 Å². The van der Waals surface area contributed by atoms with Crippen LogP contribution in [0.1, 0.15) is 42.6 Å². The number of benzene rings is 1. The summed E-state index contributed by atoms with van der Waals surface area (Å²) in [5.74, 6) is -1.81. The smallest absolute Gasteiger partial charge is 0.308 e. The number of sulfonamides is 1. The van der Waals surface area contributed by atoms with Crippen LogP contribution >= 0.6 is 0 Å². The summed E-state index contributed by atoms with van der Waals surface area (Å²) in [6.07, 6.45) is 1.17. The zero-order valence-electron chi connectivity index (χ0n) is 15.4. The van der Waals surface area contributed by atoms with Crippen molar-refractivity contribution >= 4 is 21.9 Å². The zero-order valence-corrected chi connectivity index (χ0v) is 16.3. The maximum Gasteiger partial charge on any atom is 0.308 e. The highest BCUT2D eigenvalue weighted by Crippen LogP contribution is 2.24. The second kappa shape index (κ2) is 8.18. The summed E-state index contributed by atoms with van der Waals surface area (Å²) in [5, 5.41) is 9.19. The highest BCUT2D eigenvalue weighted by Gasteiger charge is 2.30. The van der Waals surface area contributed by atoms with Crippen LogP contribution in [0.2, 0.25) is 0 Å². The number of piperidine rings is 1. The molecule has 1 N–H and O–H groups in total. The van der Waals surface area contributed by atoms with Gasteiger partial charge in [0, 0.05) is 31.7 Å². The highest BCUT2D eigenvalue weighted by molar-refractivity contribution is 7.89. The Morgan fingerprint density at radius 1 is 1.27 bits per heavy atom. The number of carboxylic acids is 1. The molecule has 1 atom stereocenters. The van der Waals surface area contributed by atoms with E-state index in [1.165, 1.54) is 15.3 Å². The number of carboxylic acid groups (broad SMARTS) is 1. The Bertz CT molecular complexity index is 787. The Kier molecular flexibility index (Phi) is 6.41. The normalized spacial score (nSPS) is 18.2. The van der Waals surface area contributed by atoms with Crippen molar-refractivity contribution < 1.29 is 23.1 Å². The quantitative estimate of drug-likeness (QED) is 0.811. The number of rotatable bonds is 6. The fraction of sp³-hybridized carbons (Fsp3) is 0.556. The minimum atomic E-state index is -3.67. The third kappa shape index (κ3) is 4.07. The molecule has 0 radical (unpaired) electrons. The summed E-state index contributed by atoms with van der Waals surface area (Å²) >= 11 is 0. The van der Waals surface area contributed by atoms with Gasteiger partial charge in [-0.05, 0) is 37.5 Å².